The van der Waals surface area contributed by atoms with Crippen molar-refractivity contribution >= 4 is 17.5 Å². The van der Waals surface area contributed by atoms with Crippen LogP contribution in [0.15, 0.2) is 24.3 Å². The highest BCUT2D eigenvalue weighted by Crippen LogP contribution is 2.34. The fourth-order valence-electron chi connectivity index (χ4n) is 4.37. The molecule has 1 N–H and O–H groups in total. The molecule has 2 aliphatic heterocycles. The van der Waals surface area contributed by atoms with Crippen molar-refractivity contribution < 1.29 is 14.3 Å². The molecule has 0 saturated heterocycles. The second-order valence-electron chi connectivity index (χ2n) is 7.80. The zero-order valence-corrected chi connectivity index (χ0v) is 17.1. The van der Waals surface area contributed by atoms with Crippen molar-refractivity contribution in [2.75, 3.05) is 25.2 Å². The minimum absolute atomic E-state index is 0.0761. The number of anilines is 1. The van der Waals surface area contributed by atoms with Crippen LogP contribution in [0.5, 0.6) is 0 Å². The van der Waals surface area contributed by atoms with Crippen LogP contribution in [-0.2, 0) is 24.1 Å². The van der Waals surface area contributed by atoms with Gasteiger partial charge < -0.3 is 19.5 Å². The number of hydrogen-bond donors (Lipinski definition) is 1. The molecule has 1 aromatic carbocycles. The van der Waals surface area contributed by atoms with Gasteiger partial charge in [0.2, 0.25) is 0 Å². The van der Waals surface area contributed by atoms with E-state index in [9.17, 15) is 9.59 Å². The lowest BCUT2D eigenvalue weighted by atomic mass is 10.1. The summed E-state index contributed by atoms with van der Waals surface area (Å²) in [7, 11) is 1.64. The van der Waals surface area contributed by atoms with Crippen molar-refractivity contribution in [2.24, 2.45) is 0 Å². The Morgan fingerprint density at radius 1 is 1.28 bits per heavy atom. The first-order chi connectivity index (χ1) is 14.1. The molecule has 7 nitrogen and oxygen atoms in total. The lowest BCUT2D eigenvalue weighted by Crippen LogP contribution is -2.36. The Morgan fingerprint density at radius 3 is 2.93 bits per heavy atom. The summed E-state index contributed by atoms with van der Waals surface area (Å²) in [5, 5.41) is 2.90. The number of carbonyl (C=O) groups excluding carboxylic acids is 2. The maximum Gasteiger partial charge on any atom is 0.287 e. The third-order valence-electron chi connectivity index (χ3n) is 5.76. The molecule has 0 spiro atoms. The van der Waals surface area contributed by atoms with Gasteiger partial charge in [0.15, 0.2) is 11.5 Å². The van der Waals surface area contributed by atoms with Gasteiger partial charge in [0.05, 0.1) is 5.69 Å². The number of carbonyl (C=O) groups is 2. The first-order valence-corrected chi connectivity index (χ1v) is 10.4. The Balaban J connectivity index is 1.63. The molecule has 2 amide bonds. The van der Waals surface area contributed by atoms with Crippen molar-refractivity contribution in [3.8, 4) is 0 Å². The van der Waals surface area contributed by atoms with Crippen LogP contribution in [0.1, 0.15) is 58.6 Å². The van der Waals surface area contributed by atoms with Crippen LogP contribution in [0.4, 0.5) is 5.69 Å². The number of imidazole rings is 1. The molecule has 1 unspecified atom stereocenters. The van der Waals surface area contributed by atoms with Crippen LogP contribution in [0.3, 0.4) is 0 Å². The minimum atomic E-state index is -0.224. The van der Waals surface area contributed by atoms with Crippen molar-refractivity contribution in [1.82, 2.24) is 14.9 Å². The topological polar surface area (TPSA) is 76.5 Å². The number of para-hydroxylation sites is 1. The standard InChI is InChI=1S/C22H28N4O3/c1-15-14-16-8-3-4-9-17(16)26(15)22(28)19-18-10-5-6-12-25(18)20(24-19)21(27)23-11-7-13-29-2/h3-4,8-9,15H,5-7,10-14H2,1-2H3,(H,23,27). The highest BCUT2D eigenvalue weighted by Gasteiger charge is 2.36. The van der Waals surface area contributed by atoms with Gasteiger partial charge in [0.25, 0.3) is 11.8 Å². The number of methoxy groups -OCH3 is 1. The number of benzene rings is 1. The predicted octanol–water partition coefficient (Wildman–Crippen LogP) is 2.58. The van der Waals surface area contributed by atoms with E-state index in [2.05, 4.69) is 23.3 Å². The maximum absolute atomic E-state index is 13.5. The van der Waals surface area contributed by atoms with Crippen LogP contribution >= 0.6 is 0 Å². The number of fused-ring (bicyclic) bond motifs is 2. The molecule has 7 heteroatoms. The van der Waals surface area contributed by atoms with Gasteiger partial charge in [-0.25, -0.2) is 4.98 Å². The summed E-state index contributed by atoms with van der Waals surface area (Å²) in [5.41, 5.74) is 3.45. The van der Waals surface area contributed by atoms with E-state index >= 15 is 0 Å². The fourth-order valence-corrected chi connectivity index (χ4v) is 4.37. The molecule has 4 rings (SSSR count). The van der Waals surface area contributed by atoms with E-state index in [4.69, 9.17) is 4.74 Å². The van der Waals surface area contributed by atoms with Crippen LogP contribution < -0.4 is 10.2 Å². The highest BCUT2D eigenvalue weighted by molar-refractivity contribution is 6.08. The van der Waals surface area contributed by atoms with E-state index in [1.54, 1.807) is 7.11 Å². The molecule has 0 aliphatic carbocycles. The third kappa shape index (κ3) is 3.67. The normalized spacial score (nSPS) is 17.7. The predicted molar refractivity (Wildman–Crippen MR) is 110 cm³/mol. The van der Waals surface area contributed by atoms with Gasteiger partial charge in [0.1, 0.15) is 0 Å². The van der Waals surface area contributed by atoms with E-state index in [0.717, 1.165) is 50.0 Å². The Labute approximate surface area is 171 Å². The van der Waals surface area contributed by atoms with Crippen molar-refractivity contribution in [1.29, 1.82) is 0 Å². The average molecular weight is 396 g/mol. The zero-order chi connectivity index (χ0) is 20.4. The van der Waals surface area contributed by atoms with Gasteiger partial charge in [0, 0.05) is 38.5 Å². The molecule has 0 radical (unpaired) electrons. The fraction of sp³-hybridized carbons (Fsp3) is 0.500. The van der Waals surface area contributed by atoms with E-state index < -0.39 is 0 Å². The number of rotatable bonds is 6. The van der Waals surface area contributed by atoms with Crippen LogP contribution in [-0.4, -0.2) is 47.7 Å². The first-order valence-electron chi connectivity index (χ1n) is 10.4. The largest absolute Gasteiger partial charge is 0.385 e. The number of ether oxygens (including phenoxy) is 1. The summed E-state index contributed by atoms with van der Waals surface area (Å²) in [4.78, 5) is 32.7. The first kappa shape index (κ1) is 19.6. The van der Waals surface area contributed by atoms with E-state index in [1.165, 1.54) is 5.56 Å². The number of hydrogen-bond acceptors (Lipinski definition) is 4. The number of aromatic nitrogens is 2. The maximum atomic E-state index is 13.5. The van der Waals surface area contributed by atoms with Gasteiger partial charge in [-0.15, -0.1) is 0 Å². The second kappa shape index (κ2) is 8.37. The molecule has 1 atom stereocenters. The quantitative estimate of drug-likeness (QED) is 0.762. The summed E-state index contributed by atoms with van der Waals surface area (Å²) < 4.78 is 6.97. The van der Waals surface area contributed by atoms with E-state index in [0.29, 0.717) is 24.7 Å². The minimum Gasteiger partial charge on any atom is -0.385 e. The summed E-state index contributed by atoms with van der Waals surface area (Å²) in [5.74, 6) is 0.0188. The van der Waals surface area contributed by atoms with Crippen molar-refractivity contribution in [2.45, 2.75) is 51.6 Å². The second-order valence-corrected chi connectivity index (χ2v) is 7.80. The van der Waals surface area contributed by atoms with Gasteiger partial charge in [-0.1, -0.05) is 18.2 Å². The SMILES string of the molecule is COCCCNC(=O)c1nc(C(=O)N2c3ccccc3CC2C)c2n1CCCC2. The van der Waals surface area contributed by atoms with E-state index in [-0.39, 0.29) is 17.9 Å². The van der Waals surface area contributed by atoms with Crippen molar-refractivity contribution in [3.63, 3.8) is 0 Å². The molecule has 29 heavy (non-hydrogen) atoms. The van der Waals surface area contributed by atoms with Crippen molar-refractivity contribution in [3.05, 3.63) is 47.0 Å². The average Bonchev–Trinajstić information content (AvgIpc) is 3.28. The smallest absolute Gasteiger partial charge is 0.287 e. The summed E-state index contributed by atoms with van der Waals surface area (Å²) in [6.45, 7) is 3.90. The van der Waals surface area contributed by atoms with Crippen LogP contribution in [0, 0.1) is 0 Å². The third-order valence-corrected chi connectivity index (χ3v) is 5.76. The Kier molecular flexibility index (Phi) is 5.67. The lowest BCUT2D eigenvalue weighted by Gasteiger charge is -2.23. The monoisotopic (exact) mass is 396 g/mol. The van der Waals surface area contributed by atoms with Gasteiger partial charge in [-0.2, -0.15) is 0 Å². The van der Waals surface area contributed by atoms with Gasteiger partial charge in [-0.05, 0) is 50.7 Å². The number of nitrogens with one attached hydrogen (secondary N) is 1. The highest BCUT2D eigenvalue weighted by atomic mass is 16.5. The number of nitrogens with zero attached hydrogens (tertiary/aromatic N) is 3. The van der Waals surface area contributed by atoms with Crippen LogP contribution in [0.25, 0.3) is 0 Å². The lowest BCUT2D eigenvalue weighted by molar-refractivity contribution is 0.0932. The zero-order valence-electron chi connectivity index (χ0n) is 17.1. The molecule has 1 aromatic heterocycles. The molecular weight excluding hydrogens is 368 g/mol. The molecule has 0 saturated carbocycles. The van der Waals surface area contributed by atoms with Crippen LogP contribution in [0.2, 0.25) is 0 Å². The summed E-state index contributed by atoms with van der Waals surface area (Å²) in [6.07, 6.45) is 4.35. The molecule has 0 fully saturated rings. The van der Waals surface area contributed by atoms with Gasteiger partial charge >= 0.3 is 0 Å². The Bertz CT molecular complexity index is 921. The molecule has 0 bridgehead atoms. The van der Waals surface area contributed by atoms with Gasteiger partial charge in [-0.3, -0.25) is 9.59 Å². The Morgan fingerprint density at radius 2 is 2.10 bits per heavy atom. The number of amides is 2. The molecule has 2 aliphatic rings. The summed E-state index contributed by atoms with van der Waals surface area (Å²) in [6, 6.07) is 8.10. The molecule has 3 heterocycles. The molecule has 154 valence electrons. The Hall–Kier alpha value is -2.67. The molecular formula is C22H28N4O3. The molecule has 2 aromatic rings. The summed E-state index contributed by atoms with van der Waals surface area (Å²) >= 11 is 0. The van der Waals surface area contributed by atoms with E-state index in [1.807, 2.05) is 27.7 Å².